The Morgan fingerprint density at radius 2 is 1.67 bits per heavy atom. The van der Waals surface area contributed by atoms with Gasteiger partial charge in [-0.25, -0.2) is 8.42 Å². The fourth-order valence-corrected chi connectivity index (χ4v) is 5.36. The number of halogens is 3. The van der Waals surface area contributed by atoms with Gasteiger partial charge >= 0.3 is 12.1 Å². The molecule has 1 heterocycles. The predicted molar refractivity (Wildman–Crippen MR) is 68.1 cm³/mol. The Labute approximate surface area is 121 Å². The van der Waals surface area contributed by atoms with Crippen LogP contribution < -0.4 is 0 Å². The Hall–Kier alpha value is -0.830. The van der Waals surface area contributed by atoms with Gasteiger partial charge in [-0.3, -0.25) is 4.79 Å². The molecule has 0 bridgehead atoms. The molecule has 2 rings (SSSR count). The minimum absolute atomic E-state index is 0.0602. The number of carbonyl (C=O) groups is 1. The van der Waals surface area contributed by atoms with Gasteiger partial charge in [0, 0.05) is 6.54 Å². The van der Waals surface area contributed by atoms with E-state index in [1.54, 1.807) is 0 Å². The van der Waals surface area contributed by atoms with E-state index in [2.05, 4.69) is 0 Å². The molecule has 0 aromatic carbocycles. The van der Waals surface area contributed by atoms with Crippen LogP contribution in [0.4, 0.5) is 13.2 Å². The van der Waals surface area contributed by atoms with E-state index in [1.807, 2.05) is 0 Å². The third-order valence-corrected chi connectivity index (χ3v) is 6.78. The lowest BCUT2D eigenvalue weighted by Crippen LogP contribution is -2.46. The number of aliphatic carboxylic acids is 1. The number of rotatable bonds is 3. The number of carboxylic acids is 1. The van der Waals surface area contributed by atoms with Crippen molar-refractivity contribution in [2.45, 2.75) is 56.0 Å². The summed E-state index contributed by atoms with van der Waals surface area (Å²) >= 11 is 0. The molecule has 1 aliphatic heterocycles. The summed E-state index contributed by atoms with van der Waals surface area (Å²) in [5.41, 5.74) is 0. The van der Waals surface area contributed by atoms with Crippen LogP contribution >= 0.6 is 0 Å². The first-order valence-corrected chi connectivity index (χ1v) is 8.44. The van der Waals surface area contributed by atoms with Crippen molar-refractivity contribution >= 4 is 16.0 Å². The molecule has 1 aliphatic carbocycles. The van der Waals surface area contributed by atoms with Crippen LogP contribution in [0.1, 0.15) is 38.5 Å². The molecule has 2 fully saturated rings. The van der Waals surface area contributed by atoms with Gasteiger partial charge in [0.2, 0.25) is 10.0 Å². The van der Waals surface area contributed by atoms with Crippen LogP contribution in [0.25, 0.3) is 0 Å². The van der Waals surface area contributed by atoms with Gasteiger partial charge in [-0.15, -0.1) is 0 Å². The lowest BCUT2D eigenvalue weighted by atomic mass is 9.88. The molecule has 0 amide bonds. The normalized spacial score (nSPS) is 32.2. The fraction of sp³-hybridized carbons (Fsp3) is 0.917. The number of carboxylic acid groups (broad SMARTS) is 1. The molecule has 1 N–H and O–H groups in total. The monoisotopic (exact) mass is 329 g/mol. The molecular formula is C12H18F3NO4S. The zero-order valence-corrected chi connectivity index (χ0v) is 12.2. The van der Waals surface area contributed by atoms with Gasteiger partial charge in [-0.05, 0) is 38.5 Å². The summed E-state index contributed by atoms with van der Waals surface area (Å²) in [4.78, 5) is 11.1. The molecule has 122 valence electrons. The van der Waals surface area contributed by atoms with Crippen molar-refractivity contribution in [3.63, 3.8) is 0 Å². The molecule has 0 radical (unpaired) electrons. The summed E-state index contributed by atoms with van der Waals surface area (Å²) in [6.45, 7) is 0.137. The molecule has 9 heteroatoms. The van der Waals surface area contributed by atoms with E-state index in [-0.39, 0.29) is 38.6 Å². The van der Waals surface area contributed by atoms with Gasteiger partial charge in [0.1, 0.15) is 6.04 Å². The molecule has 0 aromatic heterocycles. The number of sulfonamides is 1. The van der Waals surface area contributed by atoms with E-state index in [0.29, 0.717) is 6.42 Å². The lowest BCUT2D eigenvalue weighted by Gasteiger charge is -2.32. The van der Waals surface area contributed by atoms with Crippen molar-refractivity contribution in [3.8, 4) is 0 Å². The first-order valence-electron chi connectivity index (χ1n) is 6.94. The van der Waals surface area contributed by atoms with Crippen molar-refractivity contribution in [2.75, 3.05) is 6.54 Å². The molecule has 0 aromatic rings. The second-order valence-electron chi connectivity index (χ2n) is 5.67. The summed E-state index contributed by atoms with van der Waals surface area (Å²) in [7, 11) is -3.84. The summed E-state index contributed by atoms with van der Waals surface area (Å²) in [5, 5.41) is 8.15. The van der Waals surface area contributed by atoms with Gasteiger partial charge < -0.3 is 5.11 Å². The molecule has 0 spiro atoms. The molecule has 0 unspecified atom stereocenters. The molecular weight excluding hydrogens is 311 g/mol. The number of hydrogen-bond acceptors (Lipinski definition) is 3. The third kappa shape index (κ3) is 3.33. The van der Waals surface area contributed by atoms with Gasteiger partial charge in [0.05, 0.1) is 11.2 Å². The molecule has 21 heavy (non-hydrogen) atoms. The third-order valence-electron chi connectivity index (χ3n) is 4.37. The standard InChI is InChI=1S/C12H18F3NO4S/c13-12(14,15)8-3-5-9(6-4-8)21(19,20)16-7-1-2-10(16)11(17)18/h8-10H,1-7H2,(H,17,18)/t8?,9?,10-/m1/s1. The van der Waals surface area contributed by atoms with Gasteiger partial charge in [0.15, 0.2) is 0 Å². The van der Waals surface area contributed by atoms with Crippen LogP contribution in [0.2, 0.25) is 0 Å². The predicted octanol–water partition coefficient (Wildman–Crippen LogP) is 1.99. The quantitative estimate of drug-likeness (QED) is 0.859. The minimum atomic E-state index is -4.29. The largest absolute Gasteiger partial charge is 0.480 e. The summed E-state index contributed by atoms with van der Waals surface area (Å²) in [5.74, 6) is -2.64. The fourth-order valence-electron chi connectivity index (χ4n) is 3.17. The summed E-state index contributed by atoms with van der Waals surface area (Å²) in [6.07, 6.45) is -4.10. The molecule has 1 saturated heterocycles. The topological polar surface area (TPSA) is 74.7 Å². The number of nitrogens with zero attached hydrogens (tertiary/aromatic N) is 1. The van der Waals surface area contributed by atoms with Crippen LogP contribution in [0.3, 0.4) is 0 Å². The van der Waals surface area contributed by atoms with E-state index in [1.165, 1.54) is 0 Å². The summed E-state index contributed by atoms with van der Waals surface area (Å²) in [6, 6.07) is -1.07. The minimum Gasteiger partial charge on any atom is -0.480 e. The highest BCUT2D eigenvalue weighted by Gasteiger charge is 2.47. The molecule has 2 aliphatic rings. The summed E-state index contributed by atoms with van der Waals surface area (Å²) < 4.78 is 63.6. The zero-order valence-electron chi connectivity index (χ0n) is 11.3. The van der Waals surface area contributed by atoms with Crippen LogP contribution in [0.5, 0.6) is 0 Å². The maximum Gasteiger partial charge on any atom is 0.391 e. The number of hydrogen-bond donors (Lipinski definition) is 1. The van der Waals surface area contributed by atoms with Crippen molar-refractivity contribution in [1.82, 2.24) is 4.31 Å². The molecule has 5 nitrogen and oxygen atoms in total. The molecule has 1 saturated carbocycles. The van der Waals surface area contributed by atoms with Crippen molar-refractivity contribution in [1.29, 1.82) is 0 Å². The Kier molecular flexibility index (Phi) is 4.53. The van der Waals surface area contributed by atoms with E-state index in [0.717, 1.165) is 4.31 Å². The maximum atomic E-state index is 12.6. The van der Waals surface area contributed by atoms with E-state index in [4.69, 9.17) is 5.11 Å². The van der Waals surface area contributed by atoms with E-state index >= 15 is 0 Å². The van der Waals surface area contributed by atoms with Crippen LogP contribution in [-0.2, 0) is 14.8 Å². The van der Waals surface area contributed by atoms with Crippen LogP contribution in [0.15, 0.2) is 0 Å². The average Bonchev–Trinajstić information content (AvgIpc) is 2.88. The Bertz CT molecular complexity index is 497. The van der Waals surface area contributed by atoms with Crippen molar-refractivity contribution < 1.29 is 31.5 Å². The second-order valence-corrected chi connectivity index (χ2v) is 7.83. The van der Waals surface area contributed by atoms with E-state index in [9.17, 15) is 26.4 Å². The highest BCUT2D eigenvalue weighted by atomic mass is 32.2. The highest BCUT2D eigenvalue weighted by Crippen LogP contribution is 2.40. The first kappa shape index (κ1) is 16.5. The SMILES string of the molecule is O=C(O)[C@H]1CCCN1S(=O)(=O)C1CCC(C(F)(F)F)CC1. The first-order chi connectivity index (χ1) is 9.64. The van der Waals surface area contributed by atoms with Crippen molar-refractivity contribution in [3.05, 3.63) is 0 Å². The van der Waals surface area contributed by atoms with Gasteiger partial charge in [0.25, 0.3) is 0 Å². The lowest BCUT2D eigenvalue weighted by molar-refractivity contribution is -0.181. The Morgan fingerprint density at radius 3 is 2.14 bits per heavy atom. The zero-order chi connectivity index (χ0) is 15.8. The molecule has 1 atom stereocenters. The van der Waals surface area contributed by atoms with Gasteiger partial charge in [-0.2, -0.15) is 17.5 Å². The average molecular weight is 329 g/mol. The number of alkyl halides is 3. The Morgan fingerprint density at radius 1 is 1.10 bits per heavy atom. The van der Waals surface area contributed by atoms with Crippen LogP contribution in [0, 0.1) is 5.92 Å². The van der Waals surface area contributed by atoms with Crippen molar-refractivity contribution in [2.24, 2.45) is 5.92 Å². The van der Waals surface area contributed by atoms with Crippen LogP contribution in [-0.4, -0.2) is 47.8 Å². The second kappa shape index (κ2) is 5.75. The highest BCUT2D eigenvalue weighted by molar-refractivity contribution is 7.89. The Balaban J connectivity index is 2.07. The smallest absolute Gasteiger partial charge is 0.391 e. The van der Waals surface area contributed by atoms with Gasteiger partial charge in [-0.1, -0.05) is 0 Å². The maximum absolute atomic E-state index is 12.6. The van der Waals surface area contributed by atoms with E-state index < -0.39 is 39.4 Å².